The van der Waals surface area contributed by atoms with Gasteiger partial charge in [0.2, 0.25) is 0 Å². The van der Waals surface area contributed by atoms with Gasteiger partial charge in [0.1, 0.15) is 18.8 Å². The maximum Gasteiger partial charge on any atom is 0.269 e. The number of hydrogen-bond acceptors (Lipinski definition) is 6. The number of amides is 1. The Hall–Kier alpha value is -3.25. The van der Waals surface area contributed by atoms with E-state index < -0.39 is 10.8 Å². The van der Waals surface area contributed by atoms with E-state index in [1.54, 1.807) is 36.4 Å². The van der Waals surface area contributed by atoms with Crippen LogP contribution in [-0.4, -0.2) is 17.0 Å². The summed E-state index contributed by atoms with van der Waals surface area (Å²) in [6, 6.07) is 13.1. The highest BCUT2D eigenvalue weighted by atomic mass is 79.9. The Labute approximate surface area is 157 Å². The lowest BCUT2D eigenvalue weighted by Gasteiger charge is -2.09. The largest absolute Gasteiger partial charge is 0.488 e. The Bertz CT molecular complexity index is 893. The lowest BCUT2D eigenvalue weighted by molar-refractivity contribution is -0.384. The molecule has 2 rings (SSSR count). The molecular formula is C17H13BrN4O4. The molecule has 0 atom stereocenters. The van der Waals surface area contributed by atoms with Crippen LogP contribution in [0, 0.1) is 21.4 Å². The molecule has 0 bridgehead atoms. The van der Waals surface area contributed by atoms with Crippen molar-refractivity contribution >= 4 is 33.7 Å². The summed E-state index contributed by atoms with van der Waals surface area (Å²) in [5.74, 6) is 0.0712. The number of nitrogens with zero attached hydrogens (tertiary/aromatic N) is 3. The Morgan fingerprint density at radius 2 is 2.19 bits per heavy atom. The number of benzene rings is 2. The van der Waals surface area contributed by atoms with Crippen molar-refractivity contribution in [3.63, 3.8) is 0 Å². The zero-order chi connectivity index (χ0) is 18.9. The van der Waals surface area contributed by atoms with E-state index in [4.69, 9.17) is 10.00 Å². The molecule has 1 N–H and O–H groups in total. The van der Waals surface area contributed by atoms with Gasteiger partial charge in [0.05, 0.1) is 21.7 Å². The Kier molecular flexibility index (Phi) is 6.82. The maximum atomic E-state index is 11.1. The van der Waals surface area contributed by atoms with E-state index in [2.05, 4.69) is 26.5 Å². The van der Waals surface area contributed by atoms with Crippen LogP contribution in [0.4, 0.5) is 5.69 Å². The predicted molar refractivity (Wildman–Crippen MR) is 97.5 cm³/mol. The molecule has 0 aliphatic heterocycles. The van der Waals surface area contributed by atoms with E-state index in [0.29, 0.717) is 21.3 Å². The fourth-order valence-electron chi connectivity index (χ4n) is 1.93. The number of carbonyl (C=O) groups is 1. The molecule has 0 aromatic heterocycles. The molecule has 0 saturated carbocycles. The number of nitro groups is 1. The van der Waals surface area contributed by atoms with Gasteiger partial charge in [-0.1, -0.05) is 12.1 Å². The first-order valence-electron chi connectivity index (χ1n) is 7.34. The lowest BCUT2D eigenvalue weighted by atomic mass is 10.2. The van der Waals surface area contributed by atoms with Gasteiger partial charge in [0, 0.05) is 12.1 Å². The average molecular weight is 417 g/mol. The SMILES string of the molecule is N#CCC(=O)NN=Cc1ccc(OCc2cccc([N+](=O)[O-])c2)c(Br)c1. The third-order valence-corrected chi connectivity index (χ3v) is 3.73. The molecule has 1 amide bonds. The number of nitrogens with one attached hydrogen (secondary N) is 1. The van der Waals surface area contributed by atoms with Gasteiger partial charge in [0.15, 0.2) is 0 Å². The van der Waals surface area contributed by atoms with Gasteiger partial charge in [-0.3, -0.25) is 14.9 Å². The van der Waals surface area contributed by atoms with Crippen LogP contribution < -0.4 is 10.2 Å². The minimum Gasteiger partial charge on any atom is -0.488 e. The Morgan fingerprint density at radius 3 is 2.88 bits per heavy atom. The summed E-state index contributed by atoms with van der Waals surface area (Å²) in [5.41, 5.74) is 3.63. The predicted octanol–water partition coefficient (Wildman–Crippen LogP) is 3.30. The Morgan fingerprint density at radius 1 is 1.38 bits per heavy atom. The van der Waals surface area contributed by atoms with E-state index in [1.165, 1.54) is 18.3 Å². The third-order valence-electron chi connectivity index (χ3n) is 3.11. The number of halogens is 1. The average Bonchev–Trinajstić information content (AvgIpc) is 2.61. The highest BCUT2D eigenvalue weighted by molar-refractivity contribution is 9.10. The summed E-state index contributed by atoms with van der Waals surface area (Å²) < 4.78 is 6.33. The fourth-order valence-corrected chi connectivity index (χ4v) is 2.44. The first kappa shape index (κ1) is 19.1. The second kappa shape index (κ2) is 9.29. The fraction of sp³-hybridized carbons (Fsp3) is 0.118. The normalized spacial score (nSPS) is 10.3. The summed E-state index contributed by atoms with van der Waals surface area (Å²) in [4.78, 5) is 21.5. The lowest BCUT2D eigenvalue weighted by Crippen LogP contribution is -2.16. The minimum atomic E-state index is -0.486. The molecular weight excluding hydrogens is 404 g/mol. The number of hydrazone groups is 1. The summed E-state index contributed by atoms with van der Waals surface area (Å²) in [6.07, 6.45) is 1.18. The number of non-ortho nitro benzene ring substituents is 1. The van der Waals surface area contributed by atoms with Crippen LogP contribution in [0.5, 0.6) is 5.75 Å². The highest BCUT2D eigenvalue weighted by Crippen LogP contribution is 2.26. The van der Waals surface area contributed by atoms with E-state index in [1.807, 2.05) is 0 Å². The van der Waals surface area contributed by atoms with Gasteiger partial charge in [-0.05, 0) is 45.3 Å². The highest BCUT2D eigenvalue weighted by Gasteiger charge is 2.07. The van der Waals surface area contributed by atoms with E-state index in [0.717, 1.165) is 0 Å². The van der Waals surface area contributed by atoms with Crippen LogP contribution in [0.25, 0.3) is 0 Å². The van der Waals surface area contributed by atoms with Gasteiger partial charge in [0.25, 0.3) is 11.6 Å². The van der Waals surface area contributed by atoms with Crippen LogP contribution in [0.3, 0.4) is 0 Å². The van der Waals surface area contributed by atoms with Crippen LogP contribution in [0.15, 0.2) is 52.0 Å². The number of ether oxygens (including phenoxy) is 1. The molecule has 0 heterocycles. The molecule has 2 aromatic rings. The zero-order valence-electron chi connectivity index (χ0n) is 13.4. The van der Waals surface area contributed by atoms with Crippen LogP contribution >= 0.6 is 15.9 Å². The van der Waals surface area contributed by atoms with Crippen molar-refractivity contribution < 1.29 is 14.5 Å². The van der Waals surface area contributed by atoms with E-state index >= 15 is 0 Å². The molecule has 8 nitrogen and oxygen atoms in total. The smallest absolute Gasteiger partial charge is 0.269 e. The molecule has 0 aliphatic rings. The van der Waals surface area contributed by atoms with Crippen molar-refractivity contribution in [1.29, 1.82) is 5.26 Å². The summed E-state index contributed by atoms with van der Waals surface area (Å²) >= 11 is 3.38. The van der Waals surface area contributed by atoms with Crippen molar-refractivity contribution in [2.24, 2.45) is 5.10 Å². The van der Waals surface area contributed by atoms with Gasteiger partial charge in [-0.15, -0.1) is 0 Å². The van der Waals surface area contributed by atoms with E-state index in [-0.39, 0.29) is 18.7 Å². The number of nitro benzene ring substituents is 1. The number of nitriles is 1. The third kappa shape index (κ3) is 5.68. The number of carbonyl (C=O) groups excluding carboxylic acids is 1. The zero-order valence-corrected chi connectivity index (χ0v) is 15.0. The van der Waals surface area contributed by atoms with E-state index in [9.17, 15) is 14.9 Å². The topological polar surface area (TPSA) is 118 Å². The Balaban J connectivity index is 1.98. The molecule has 132 valence electrons. The monoisotopic (exact) mass is 416 g/mol. The molecule has 0 spiro atoms. The molecule has 0 unspecified atom stereocenters. The second-order valence-electron chi connectivity index (χ2n) is 5.03. The quantitative estimate of drug-likeness (QED) is 0.421. The first-order valence-corrected chi connectivity index (χ1v) is 8.13. The number of hydrogen-bond donors (Lipinski definition) is 1. The van der Waals surface area contributed by atoms with Gasteiger partial charge < -0.3 is 4.74 Å². The van der Waals surface area contributed by atoms with Crippen molar-refractivity contribution in [1.82, 2.24) is 5.43 Å². The molecule has 26 heavy (non-hydrogen) atoms. The standard InChI is InChI=1S/C17H13BrN4O4/c18-15-9-12(10-20-21-17(23)6-7-19)4-5-16(15)26-11-13-2-1-3-14(8-13)22(24)25/h1-5,8-10H,6,11H2,(H,21,23). The minimum absolute atomic E-state index is 0.00942. The molecule has 9 heteroatoms. The van der Waals surface area contributed by atoms with Gasteiger partial charge in [-0.25, -0.2) is 5.43 Å². The number of rotatable bonds is 7. The maximum absolute atomic E-state index is 11.1. The molecule has 0 aliphatic carbocycles. The van der Waals surface area contributed by atoms with Crippen molar-refractivity contribution in [2.75, 3.05) is 0 Å². The van der Waals surface area contributed by atoms with Crippen LogP contribution in [-0.2, 0) is 11.4 Å². The van der Waals surface area contributed by atoms with Gasteiger partial charge in [-0.2, -0.15) is 10.4 Å². The van der Waals surface area contributed by atoms with Crippen LogP contribution in [0.2, 0.25) is 0 Å². The summed E-state index contributed by atoms with van der Waals surface area (Å²) in [5, 5.41) is 22.9. The van der Waals surface area contributed by atoms with Crippen LogP contribution in [0.1, 0.15) is 17.5 Å². The molecule has 0 radical (unpaired) electrons. The second-order valence-corrected chi connectivity index (χ2v) is 5.89. The summed E-state index contributed by atoms with van der Waals surface area (Å²) in [6.45, 7) is 0.179. The first-order chi connectivity index (χ1) is 12.5. The molecule has 0 saturated heterocycles. The van der Waals surface area contributed by atoms with Gasteiger partial charge >= 0.3 is 0 Å². The molecule has 0 fully saturated rings. The molecule has 2 aromatic carbocycles. The van der Waals surface area contributed by atoms with Crippen molar-refractivity contribution in [3.05, 3.63) is 68.2 Å². The van der Waals surface area contributed by atoms with Crippen molar-refractivity contribution in [2.45, 2.75) is 13.0 Å². The summed E-state index contributed by atoms with van der Waals surface area (Å²) in [7, 11) is 0. The van der Waals surface area contributed by atoms with Crippen molar-refractivity contribution in [3.8, 4) is 11.8 Å².